The first kappa shape index (κ1) is 16.9. The Morgan fingerprint density at radius 1 is 1.19 bits per heavy atom. The minimum absolute atomic E-state index is 0.00753. The van der Waals surface area contributed by atoms with Gasteiger partial charge in [0.25, 0.3) is 0 Å². The first-order valence-corrected chi connectivity index (χ1v) is 9.10. The fraction of sp³-hybridized carbons (Fsp3) is 0.333. The minimum atomic E-state index is 0.00753. The van der Waals surface area contributed by atoms with Gasteiger partial charge in [0.1, 0.15) is 11.9 Å². The molecule has 0 bridgehead atoms. The van der Waals surface area contributed by atoms with E-state index in [2.05, 4.69) is 64.3 Å². The van der Waals surface area contributed by atoms with Crippen molar-refractivity contribution < 1.29 is 4.74 Å². The van der Waals surface area contributed by atoms with Gasteiger partial charge in [-0.25, -0.2) is 4.98 Å². The summed E-state index contributed by atoms with van der Waals surface area (Å²) in [7, 11) is 0. The molecular weight excluding hydrogens is 324 g/mol. The van der Waals surface area contributed by atoms with Crippen LogP contribution in [0.2, 0.25) is 0 Å². The van der Waals surface area contributed by atoms with Crippen LogP contribution in [0.4, 0.5) is 0 Å². The normalized spacial score (nSPS) is 18.1. The van der Waals surface area contributed by atoms with E-state index < -0.39 is 0 Å². The molecule has 1 N–H and O–H groups in total. The molecule has 0 amide bonds. The summed E-state index contributed by atoms with van der Waals surface area (Å²) in [6, 6.07) is 14.9. The third-order valence-corrected chi connectivity index (χ3v) is 4.69. The van der Waals surface area contributed by atoms with E-state index in [9.17, 15) is 0 Å². The van der Waals surface area contributed by atoms with Crippen LogP contribution in [-0.4, -0.2) is 39.5 Å². The molecule has 1 aliphatic heterocycles. The van der Waals surface area contributed by atoms with Gasteiger partial charge in [-0.05, 0) is 36.6 Å². The van der Waals surface area contributed by atoms with Crippen molar-refractivity contribution in [2.75, 3.05) is 19.7 Å². The van der Waals surface area contributed by atoms with Crippen molar-refractivity contribution in [1.29, 1.82) is 0 Å². The second-order valence-corrected chi connectivity index (χ2v) is 6.83. The second kappa shape index (κ2) is 7.81. The fourth-order valence-corrected chi connectivity index (χ4v) is 3.49. The standard InChI is InChI=1S/C21H24N4O/c1-16-11-18(12-17-5-3-2-4-6-17)13-19(24-16)20-14-25(9-10-26-20)15-21-22-7-8-23-21/h2-8,11,13,20H,9-10,12,14-15H2,1H3,(H,22,23). The first-order valence-electron chi connectivity index (χ1n) is 9.10. The number of hydrogen-bond donors (Lipinski definition) is 1. The maximum Gasteiger partial charge on any atom is 0.120 e. The zero-order valence-electron chi connectivity index (χ0n) is 15.1. The summed E-state index contributed by atoms with van der Waals surface area (Å²) in [5.41, 5.74) is 4.67. The van der Waals surface area contributed by atoms with E-state index in [1.807, 2.05) is 6.20 Å². The van der Waals surface area contributed by atoms with Gasteiger partial charge in [0.2, 0.25) is 0 Å². The first-order chi connectivity index (χ1) is 12.8. The molecule has 1 aromatic carbocycles. The lowest BCUT2D eigenvalue weighted by Gasteiger charge is -2.32. The maximum atomic E-state index is 6.04. The number of pyridine rings is 1. The van der Waals surface area contributed by atoms with Gasteiger partial charge in [0, 0.05) is 31.2 Å². The zero-order valence-corrected chi connectivity index (χ0v) is 15.1. The Morgan fingerprint density at radius 3 is 2.88 bits per heavy atom. The lowest BCUT2D eigenvalue weighted by atomic mass is 10.0. The largest absolute Gasteiger partial charge is 0.369 e. The molecule has 0 saturated carbocycles. The van der Waals surface area contributed by atoms with Gasteiger partial charge < -0.3 is 9.72 Å². The van der Waals surface area contributed by atoms with Crippen molar-refractivity contribution in [2.24, 2.45) is 0 Å². The van der Waals surface area contributed by atoms with Crippen LogP contribution in [0.25, 0.3) is 0 Å². The highest BCUT2D eigenvalue weighted by atomic mass is 16.5. The number of aromatic nitrogens is 3. The van der Waals surface area contributed by atoms with Gasteiger partial charge in [-0.3, -0.25) is 9.88 Å². The summed E-state index contributed by atoms with van der Waals surface area (Å²) in [5, 5.41) is 0. The number of H-pyrrole nitrogens is 1. The van der Waals surface area contributed by atoms with Gasteiger partial charge >= 0.3 is 0 Å². The topological polar surface area (TPSA) is 54.0 Å². The predicted molar refractivity (Wildman–Crippen MR) is 101 cm³/mol. The number of ether oxygens (including phenoxy) is 1. The van der Waals surface area contributed by atoms with Crippen molar-refractivity contribution in [1.82, 2.24) is 19.9 Å². The Labute approximate surface area is 154 Å². The van der Waals surface area contributed by atoms with Crippen molar-refractivity contribution in [3.8, 4) is 0 Å². The number of aromatic amines is 1. The quantitative estimate of drug-likeness (QED) is 0.769. The number of aryl methyl sites for hydroxylation is 1. The Bertz CT molecular complexity index is 832. The van der Waals surface area contributed by atoms with Gasteiger partial charge in [0.05, 0.1) is 18.8 Å². The molecule has 26 heavy (non-hydrogen) atoms. The molecule has 0 aliphatic carbocycles. The minimum Gasteiger partial charge on any atom is -0.369 e. The zero-order chi connectivity index (χ0) is 17.8. The summed E-state index contributed by atoms with van der Waals surface area (Å²) >= 11 is 0. The Balaban J connectivity index is 1.49. The molecule has 5 heteroatoms. The number of hydrogen-bond acceptors (Lipinski definition) is 4. The smallest absolute Gasteiger partial charge is 0.120 e. The second-order valence-electron chi connectivity index (χ2n) is 6.83. The Hall–Kier alpha value is -2.50. The average molecular weight is 348 g/mol. The van der Waals surface area contributed by atoms with E-state index in [-0.39, 0.29) is 6.10 Å². The highest BCUT2D eigenvalue weighted by Gasteiger charge is 2.24. The fourth-order valence-electron chi connectivity index (χ4n) is 3.49. The maximum absolute atomic E-state index is 6.04. The van der Waals surface area contributed by atoms with E-state index in [1.165, 1.54) is 11.1 Å². The van der Waals surface area contributed by atoms with Crippen LogP contribution in [0.15, 0.2) is 54.9 Å². The molecule has 4 rings (SSSR count). The number of rotatable bonds is 5. The summed E-state index contributed by atoms with van der Waals surface area (Å²) in [6.07, 6.45) is 4.59. The summed E-state index contributed by atoms with van der Waals surface area (Å²) < 4.78 is 6.04. The molecule has 2 aromatic heterocycles. The van der Waals surface area contributed by atoms with Crippen LogP contribution in [-0.2, 0) is 17.7 Å². The molecular formula is C21H24N4O. The molecule has 0 radical (unpaired) electrons. The lowest BCUT2D eigenvalue weighted by molar-refractivity contribution is -0.0357. The van der Waals surface area contributed by atoms with Crippen LogP contribution < -0.4 is 0 Å². The van der Waals surface area contributed by atoms with Crippen LogP contribution in [0.5, 0.6) is 0 Å². The highest BCUT2D eigenvalue weighted by molar-refractivity contribution is 5.29. The predicted octanol–water partition coefficient (Wildman–Crippen LogP) is 3.28. The van der Waals surface area contributed by atoms with Crippen LogP contribution in [0.1, 0.15) is 34.4 Å². The number of imidazole rings is 1. The molecule has 1 atom stereocenters. The summed E-state index contributed by atoms with van der Waals surface area (Å²) in [4.78, 5) is 14.6. The molecule has 3 heterocycles. The molecule has 5 nitrogen and oxygen atoms in total. The van der Waals surface area contributed by atoms with Crippen molar-refractivity contribution in [3.05, 3.63) is 83.2 Å². The van der Waals surface area contributed by atoms with Crippen LogP contribution in [0.3, 0.4) is 0 Å². The Kier molecular flexibility index (Phi) is 5.09. The van der Waals surface area contributed by atoms with Gasteiger partial charge in [-0.15, -0.1) is 0 Å². The van der Waals surface area contributed by atoms with E-state index in [0.717, 1.165) is 49.9 Å². The highest BCUT2D eigenvalue weighted by Crippen LogP contribution is 2.24. The molecule has 1 unspecified atom stereocenters. The van der Waals surface area contributed by atoms with Crippen LogP contribution in [0, 0.1) is 6.92 Å². The monoisotopic (exact) mass is 348 g/mol. The van der Waals surface area contributed by atoms with Crippen molar-refractivity contribution in [2.45, 2.75) is 26.0 Å². The third kappa shape index (κ3) is 4.18. The van der Waals surface area contributed by atoms with E-state index in [4.69, 9.17) is 9.72 Å². The molecule has 1 saturated heterocycles. The number of morpholine rings is 1. The van der Waals surface area contributed by atoms with Crippen molar-refractivity contribution in [3.63, 3.8) is 0 Å². The number of nitrogens with zero attached hydrogens (tertiary/aromatic N) is 3. The average Bonchev–Trinajstić information content (AvgIpc) is 3.15. The molecule has 1 fully saturated rings. The Morgan fingerprint density at radius 2 is 2.08 bits per heavy atom. The molecule has 0 spiro atoms. The summed E-state index contributed by atoms with van der Waals surface area (Å²) in [6.45, 7) is 5.34. The SMILES string of the molecule is Cc1cc(Cc2ccccc2)cc(C2CN(Cc3ncc[nH]3)CCO2)n1. The van der Waals surface area contributed by atoms with Crippen LogP contribution >= 0.6 is 0 Å². The molecule has 3 aromatic rings. The molecule has 1 aliphatic rings. The number of benzene rings is 1. The lowest BCUT2D eigenvalue weighted by Crippen LogP contribution is -2.38. The van der Waals surface area contributed by atoms with E-state index in [0.29, 0.717) is 0 Å². The third-order valence-electron chi connectivity index (χ3n) is 4.69. The van der Waals surface area contributed by atoms with Gasteiger partial charge in [-0.2, -0.15) is 0 Å². The summed E-state index contributed by atoms with van der Waals surface area (Å²) in [5.74, 6) is 0.993. The molecule has 134 valence electrons. The van der Waals surface area contributed by atoms with Crippen molar-refractivity contribution >= 4 is 0 Å². The van der Waals surface area contributed by atoms with E-state index >= 15 is 0 Å². The van der Waals surface area contributed by atoms with Gasteiger partial charge in [-0.1, -0.05) is 30.3 Å². The number of nitrogens with one attached hydrogen (secondary N) is 1. The van der Waals surface area contributed by atoms with Gasteiger partial charge in [0.15, 0.2) is 0 Å². The van der Waals surface area contributed by atoms with E-state index in [1.54, 1.807) is 6.20 Å².